The molecule has 3 nitrogen and oxygen atoms in total. The molecule has 0 heterocycles. The number of hydrogen-bond acceptors (Lipinski definition) is 2. The highest BCUT2D eigenvalue weighted by Crippen LogP contribution is 2.06. The van der Waals surface area contributed by atoms with E-state index in [1.165, 1.54) is 5.56 Å². The molecule has 0 aliphatic carbocycles. The zero-order valence-corrected chi connectivity index (χ0v) is 10.7. The fourth-order valence-electron chi connectivity index (χ4n) is 1.67. The van der Waals surface area contributed by atoms with Gasteiger partial charge in [0.25, 0.3) is 0 Å². The maximum atomic E-state index is 11.8. The van der Waals surface area contributed by atoms with Crippen LogP contribution in [0.25, 0.3) is 0 Å². The smallest absolute Gasteiger partial charge is 0.222 e. The molecule has 1 aromatic carbocycles. The van der Waals surface area contributed by atoms with Crippen molar-refractivity contribution in [3.05, 3.63) is 35.9 Å². The molecule has 2 N–H and O–H groups in total. The lowest BCUT2D eigenvalue weighted by Gasteiger charge is -2.23. The van der Waals surface area contributed by atoms with E-state index in [0.717, 1.165) is 12.8 Å². The van der Waals surface area contributed by atoms with Gasteiger partial charge in [0.05, 0.1) is 0 Å². The van der Waals surface area contributed by atoms with Gasteiger partial charge in [-0.2, -0.15) is 0 Å². The minimum atomic E-state index is 0.124. The summed E-state index contributed by atoms with van der Waals surface area (Å²) in [4.78, 5) is 13.5. The molecule has 1 rings (SSSR count). The van der Waals surface area contributed by atoms with Gasteiger partial charge in [-0.1, -0.05) is 30.3 Å². The van der Waals surface area contributed by atoms with Crippen LogP contribution in [0.2, 0.25) is 0 Å². The van der Waals surface area contributed by atoms with E-state index in [-0.39, 0.29) is 11.9 Å². The molecule has 0 aromatic heterocycles. The monoisotopic (exact) mass is 234 g/mol. The van der Waals surface area contributed by atoms with Crippen molar-refractivity contribution in [2.24, 2.45) is 5.73 Å². The number of benzene rings is 1. The van der Waals surface area contributed by atoms with Gasteiger partial charge >= 0.3 is 0 Å². The van der Waals surface area contributed by atoms with Crippen LogP contribution in [0.3, 0.4) is 0 Å². The van der Waals surface area contributed by atoms with E-state index in [1.807, 2.05) is 32.2 Å². The Morgan fingerprint density at radius 1 is 1.35 bits per heavy atom. The zero-order chi connectivity index (χ0) is 12.7. The van der Waals surface area contributed by atoms with Crippen molar-refractivity contribution in [3.8, 4) is 0 Å². The maximum absolute atomic E-state index is 11.8. The molecule has 0 fully saturated rings. The molecule has 1 unspecified atom stereocenters. The summed E-state index contributed by atoms with van der Waals surface area (Å²) in [5, 5.41) is 0. The average molecular weight is 234 g/mol. The number of likely N-dealkylation sites (N-methyl/N-ethyl adjacent to an activating group) is 1. The van der Waals surface area contributed by atoms with Gasteiger partial charge < -0.3 is 10.6 Å². The SMILES string of the molecule is CC(CN)N(C)C(=O)CCCc1ccccc1. The average Bonchev–Trinajstić information content (AvgIpc) is 2.38. The number of nitrogens with zero attached hydrogens (tertiary/aromatic N) is 1. The Kier molecular flexibility index (Phi) is 5.70. The Morgan fingerprint density at radius 2 is 2.00 bits per heavy atom. The quantitative estimate of drug-likeness (QED) is 0.816. The number of amides is 1. The second-order valence-corrected chi connectivity index (χ2v) is 4.43. The molecule has 1 aromatic rings. The number of carbonyl (C=O) groups excluding carboxylic acids is 1. The highest BCUT2D eigenvalue weighted by molar-refractivity contribution is 5.76. The third-order valence-corrected chi connectivity index (χ3v) is 3.09. The standard InChI is InChI=1S/C14H22N2O/c1-12(11-15)16(2)14(17)10-6-9-13-7-4-3-5-8-13/h3-5,7-8,12H,6,9-11,15H2,1-2H3. The Hall–Kier alpha value is -1.35. The fraction of sp³-hybridized carbons (Fsp3) is 0.500. The lowest BCUT2D eigenvalue weighted by molar-refractivity contribution is -0.131. The van der Waals surface area contributed by atoms with E-state index < -0.39 is 0 Å². The number of nitrogens with two attached hydrogens (primary N) is 1. The summed E-state index contributed by atoms with van der Waals surface area (Å²) in [6.45, 7) is 2.48. The Morgan fingerprint density at radius 3 is 2.59 bits per heavy atom. The summed E-state index contributed by atoms with van der Waals surface area (Å²) in [6.07, 6.45) is 2.44. The van der Waals surface area contributed by atoms with Gasteiger partial charge in [0.15, 0.2) is 0 Å². The van der Waals surface area contributed by atoms with Crippen molar-refractivity contribution in [2.45, 2.75) is 32.2 Å². The molecule has 0 aliphatic heterocycles. The minimum Gasteiger partial charge on any atom is -0.342 e. The Balaban J connectivity index is 2.29. The number of aryl methyl sites for hydroxylation is 1. The third kappa shape index (κ3) is 4.57. The molecule has 0 saturated carbocycles. The van der Waals surface area contributed by atoms with Crippen molar-refractivity contribution < 1.29 is 4.79 Å². The van der Waals surface area contributed by atoms with Crippen LogP contribution in [0, 0.1) is 0 Å². The Labute approximate surface area is 104 Å². The van der Waals surface area contributed by atoms with Crippen molar-refractivity contribution in [1.29, 1.82) is 0 Å². The van der Waals surface area contributed by atoms with Gasteiger partial charge in [0.2, 0.25) is 5.91 Å². The van der Waals surface area contributed by atoms with E-state index in [0.29, 0.717) is 13.0 Å². The van der Waals surface area contributed by atoms with Crippen molar-refractivity contribution in [1.82, 2.24) is 4.90 Å². The first-order valence-corrected chi connectivity index (χ1v) is 6.14. The highest BCUT2D eigenvalue weighted by atomic mass is 16.2. The summed E-state index contributed by atoms with van der Waals surface area (Å²) in [7, 11) is 1.82. The molecule has 94 valence electrons. The molecule has 3 heteroatoms. The van der Waals surface area contributed by atoms with E-state index in [9.17, 15) is 4.79 Å². The topological polar surface area (TPSA) is 46.3 Å². The van der Waals surface area contributed by atoms with Gasteiger partial charge in [0, 0.05) is 26.1 Å². The molecule has 1 amide bonds. The predicted octanol–water partition coefficient (Wildman–Crippen LogP) is 1.81. The highest BCUT2D eigenvalue weighted by Gasteiger charge is 2.13. The van der Waals surface area contributed by atoms with E-state index >= 15 is 0 Å². The molecular weight excluding hydrogens is 212 g/mol. The maximum Gasteiger partial charge on any atom is 0.222 e. The molecule has 0 saturated heterocycles. The molecule has 17 heavy (non-hydrogen) atoms. The van der Waals surface area contributed by atoms with E-state index in [4.69, 9.17) is 5.73 Å². The Bertz CT molecular complexity index is 337. The normalized spacial score (nSPS) is 12.2. The number of hydrogen-bond donors (Lipinski definition) is 1. The fourth-order valence-corrected chi connectivity index (χ4v) is 1.67. The lowest BCUT2D eigenvalue weighted by atomic mass is 10.1. The first kappa shape index (κ1) is 13.7. The second-order valence-electron chi connectivity index (χ2n) is 4.43. The predicted molar refractivity (Wildman–Crippen MR) is 70.7 cm³/mol. The molecule has 1 atom stereocenters. The van der Waals surface area contributed by atoms with Gasteiger partial charge in [-0.25, -0.2) is 0 Å². The van der Waals surface area contributed by atoms with Crippen molar-refractivity contribution in [3.63, 3.8) is 0 Å². The second kappa shape index (κ2) is 7.07. The number of rotatable bonds is 6. The molecular formula is C14H22N2O. The summed E-state index contributed by atoms with van der Waals surface area (Å²) >= 11 is 0. The van der Waals surface area contributed by atoms with E-state index in [2.05, 4.69) is 12.1 Å². The van der Waals surface area contributed by atoms with Crippen molar-refractivity contribution >= 4 is 5.91 Å². The van der Waals surface area contributed by atoms with Crippen LogP contribution in [0.15, 0.2) is 30.3 Å². The van der Waals surface area contributed by atoms with Crippen LogP contribution >= 0.6 is 0 Å². The van der Waals surface area contributed by atoms with Gasteiger partial charge in [-0.15, -0.1) is 0 Å². The van der Waals surface area contributed by atoms with Crippen molar-refractivity contribution in [2.75, 3.05) is 13.6 Å². The summed E-state index contributed by atoms with van der Waals surface area (Å²) < 4.78 is 0. The largest absolute Gasteiger partial charge is 0.342 e. The van der Waals surface area contributed by atoms with Crippen LogP contribution in [0.4, 0.5) is 0 Å². The zero-order valence-electron chi connectivity index (χ0n) is 10.7. The van der Waals surface area contributed by atoms with Gasteiger partial charge in [0.1, 0.15) is 0 Å². The van der Waals surface area contributed by atoms with Crippen LogP contribution in [0.5, 0.6) is 0 Å². The number of carbonyl (C=O) groups is 1. The molecule has 0 radical (unpaired) electrons. The van der Waals surface area contributed by atoms with Gasteiger partial charge in [-0.05, 0) is 25.3 Å². The summed E-state index contributed by atoms with van der Waals surface area (Å²) in [5.41, 5.74) is 6.82. The third-order valence-electron chi connectivity index (χ3n) is 3.09. The molecule has 0 aliphatic rings. The summed E-state index contributed by atoms with van der Waals surface area (Å²) in [6, 6.07) is 10.4. The van der Waals surface area contributed by atoms with E-state index in [1.54, 1.807) is 4.90 Å². The minimum absolute atomic E-state index is 0.124. The first-order chi connectivity index (χ1) is 8.15. The first-order valence-electron chi connectivity index (χ1n) is 6.14. The van der Waals surface area contributed by atoms with Gasteiger partial charge in [-0.3, -0.25) is 4.79 Å². The lowest BCUT2D eigenvalue weighted by Crippen LogP contribution is -2.39. The van der Waals surface area contributed by atoms with Crippen LogP contribution in [-0.2, 0) is 11.2 Å². The molecule has 0 bridgehead atoms. The summed E-state index contributed by atoms with van der Waals surface area (Å²) in [5.74, 6) is 0.180. The van der Waals surface area contributed by atoms with Crippen LogP contribution in [-0.4, -0.2) is 30.4 Å². The molecule has 0 spiro atoms. The van der Waals surface area contributed by atoms with Crippen LogP contribution < -0.4 is 5.73 Å². The van der Waals surface area contributed by atoms with Crippen LogP contribution in [0.1, 0.15) is 25.3 Å².